The Morgan fingerprint density at radius 2 is 2.04 bits per heavy atom. The van der Waals surface area contributed by atoms with E-state index < -0.39 is 0 Å². The van der Waals surface area contributed by atoms with Gasteiger partial charge in [0.1, 0.15) is 0 Å². The molecule has 1 aromatic heterocycles. The van der Waals surface area contributed by atoms with Crippen molar-refractivity contribution in [2.75, 3.05) is 33.1 Å². The van der Waals surface area contributed by atoms with Crippen LogP contribution in [0.25, 0.3) is 6.08 Å². The Labute approximate surface area is 162 Å². The first-order chi connectivity index (χ1) is 12.7. The number of thioether (sulfide) groups is 1. The third kappa shape index (κ3) is 4.62. The third-order valence-electron chi connectivity index (χ3n) is 4.34. The number of methoxy groups -OCH3 is 2. The van der Waals surface area contributed by atoms with Crippen molar-refractivity contribution in [2.45, 2.75) is 11.7 Å². The predicted molar refractivity (Wildman–Crippen MR) is 109 cm³/mol. The SMILES string of the molecule is COc1ccc(/C=C/C(=O)N2CCS[C@@H](c3cccs3)CC2)cc1OC. The van der Waals surface area contributed by atoms with Crippen molar-refractivity contribution in [3.05, 3.63) is 52.2 Å². The van der Waals surface area contributed by atoms with Gasteiger partial charge < -0.3 is 14.4 Å². The average molecular weight is 390 g/mol. The summed E-state index contributed by atoms with van der Waals surface area (Å²) < 4.78 is 10.5. The molecule has 1 saturated heterocycles. The number of carbonyl (C=O) groups is 1. The van der Waals surface area contributed by atoms with Crippen LogP contribution >= 0.6 is 23.1 Å². The summed E-state index contributed by atoms with van der Waals surface area (Å²) in [5.41, 5.74) is 0.914. The van der Waals surface area contributed by atoms with Crippen LogP contribution in [0.3, 0.4) is 0 Å². The van der Waals surface area contributed by atoms with Gasteiger partial charge in [-0.25, -0.2) is 0 Å². The minimum absolute atomic E-state index is 0.0622. The Morgan fingerprint density at radius 3 is 2.77 bits per heavy atom. The number of rotatable bonds is 5. The lowest BCUT2D eigenvalue weighted by Crippen LogP contribution is -2.31. The van der Waals surface area contributed by atoms with Crippen LogP contribution in [0.15, 0.2) is 41.8 Å². The molecule has 138 valence electrons. The number of nitrogens with zero attached hydrogens (tertiary/aromatic N) is 1. The third-order valence-corrected chi connectivity index (χ3v) is 6.79. The van der Waals surface area contributed by atoms with Gasteiger partial charge >= 0.3 is 0 Å². The molecule has 6 heteroatoms. The molecular formula is C20H23NO3S2. The number of thiophene rings is 1. The Bertz CT molecular complexity index is 758. The quantitative estimate of drug-likeness (QED) is 0.707. The van der Waals surface area contributed by atoms with Gasteiger partial charge in [-0.05, 0) is 41.6 Å². The molecule has 0 bridgehead atoms. The van der Waals surface area contributed by atoms with Gasteiger partial charge in [0.15, 0.2) is 11.5 Å². The van der Waals surface area contributed by atoms with Crippen LogP contribution in [0.1, 0.15) is 22.1 Å². The van der Waals surface area contributed by atoms with Gasteiger partial charge in [0.2, 0.25) is 5.91 Å². The van der Waals surface area contributed by atoms with Crippen molar-refractivity contribution in [1.82, 2.24) is 4.90 Å². The lowest BCUT2D eigenvalue weighted by atomic mass is 10.2. The maximum absolute atomic E-state index is 12.6. The Balaban J connectivity index is 1.61. The smallest absolute Gasteiger partial charge is 0.246 e. The Hall–Kier alpha value is -1.92. The van der Waals surface area contributed by atoms with Gasteiger partial charge in [-0.2, -0.15) is 11.8 Å². The number of carbonyl (C=O) groups excluding carboxylic acids is 1. The monoisotopic (exact) mass is 389 g/mol. The van der Waals surface area contributed by atoms with E-state index in [-0.39, 0.29) is 5.91 Å². The molecule has 3 rings (SSSR count). The van der Waals surface area contributed by atoms with Crippen molar-refractivity contribution < 1.29 is 14.3 Å². The fourth-order valence-electron chi connectivity index (χ4n) is 2.92. The standard InChI is InChI=1S/C20H23NO3S2/c1-23-16-7-5-15(14-17(16)24-2)6-8-20(22)21-10-9-19(26-13-11-21)18-4-3-12-25-18/h3-8,12,14,19H,9-11,13H2,1-2H3/b8-6+/t19-/m1/s1. The molecule has 0 unspecified atom stereocenters. The minimum atomic E-state index is 0.0622. The van der Waals surface area contributed by atoms with Crippen LogP contribution in [-0.2, 0) is 4.79 Å². The van der Waals surface area contributed by atoms with Crippen molar-refractivity contribution >= 4 is 35.1 Å². The number of benzene rings is 1. The fourth-order valence-corrected chi connectivity index (χ4v) is 5.16. The van der Waals surface area contributed by atoms with E-state index >= 15 is 0 Å². The van der Waals surface area contributed by atoms with Crippen LogP contribution < -0.4 is 9.47 Å². The summed E-state index contributed by atoms with van der Waals surface area (Å²) in [6.07, 6.45) is 4.48. The van der Waals surface area contributed by atoms with E-state index in [0.717, 1.165) is 30.8 Å². The normalized spacial score (nSPS) is 17.9. The van der Waals surface area contributed by atoms with E-state index in [4.69, 9.17) is 9.47 Å². The summed E-state index contributed by atoms with van der Waals surface area (Å²) in [6.45, 7) is 1.59. The van der Waals surface area contributed by atoms with Crippen molar-refractivity contribution in [3.8, 4) is 11.5 Å². The van der Waals surface area contributed by atoms with Crippen molar-refractivity contribution in [3.63, 3.8) is 0 Å². The van der Waals surface area contributed by atoms with Crippen LogP contribution in [0.4, 0.5) is 0 Å². The number of amides is 1. The van der Waals surface area contributed by atoms with E-state index in [0.29, 0.717) is 16.7 Å². The van der Waals surface area contributed by atoms with Crippen LogP contribution in [0, 0.1) is 0 Å². The van der Waals surface area contributed by atoms with Gasteiger partial charge in [-0.3, -0.25) is 4.79 Å². The lowest BCUT2D eigenvalue weighted by Gasteiger charge is -2.18. The molecule has 0 radical (unpaired) electrons. The van der Waals surface area contributed by atoms with E-state index in [2.05, 4.69) is 17.5 Å². The molecule has 1 aromatic carbocycles. The first kappa shape index (κ1) is 18.9. The Kier molecular flexibility index (Phi) is 6.63. The zero-order valence-electron chi connectivity index (χ0n) is 15.0. The second-order valence-electron chi connectivity index (χ2n) is 5.94. The summed E-state index contributed by atoms with van der Waals surface area (Å²) >= 11 is 3.75. The van der Waals surface area contributed by atoms with Crippen LogP contribution in [0.2, 0.25) is 0 Å². The number of hydrogen-bond acceptors (Lipinski definition) is 5. The average Bonchev–Trinajstić information content (AvgIpc) is 3.10. The summed E-state index contributed by atoms with van der Waals surface area (Å²) in [5, 5.41) is 2.62. The van der Waals surface area contributed by atoms with Crippen molar-refractivity contribution in [1.29, 1.82) is 0 Å². The molecular weight excluding hydrogens is 366 g/mol. The molecule has 0 aliphatic carbocycles. The van der Waals surface area contributed by atoms with Crippen LogP contribution in [-0.4, -0.2) is 43.9 Å². The second kappa shape index (κ2) is 9.14. The highest BCUT2D eigenvalue weighted by Crippen LogP contribution is 2.36. The highest BCUT2D eigenvalue weighted by Gasteiger charge is 2.21. The molecule has 26 heavy (non-hydrogen) atoms. The van der Waals surface area contributed by atoms with Gasteiger partial charge in [0.25, 0.3) is 0 Å². The minimum Gasteiger partial charge on any atom is -0.493 e. The maximum Gasteiger partial charge on any atom is 0.246 e. The molecule has 0 saturated carbocycles. The molecule has 1 atom stereocenters. The maximum atomic E-state index is 12.6. The fraction of sp³-hybridized carbons (Fsp3) is 0.350. The van der Waals surface area contributed by atoms with Gasteiger partial charge in [0, 0.05) is 35.0 Å². The summed E-state index contributed by atoms with van der Waals surface area (Å²) in [5.74, 6) is 2.37. The molecule has 1 amide bonds. The first-order valence-electron chi connectivity index (χ1n) is 8.55. The van der Waals surface area contributed by atoms with Crippen LogP contribution in [0.5, 0.6) is 11.5 Å². The Morgan fingerprint density at radius 1 is 1.19 bits per heavy atom. The summed E-state index contributed by atoms with van der Waals surface area (Å²) in [6, 6.07) is 9.91. The zero-order valence-corrected chi connectivity index (χ0v) is 16.6. The first-order valence-corrected chi connectivity index (χ1v) is 10.5. The molecule has 1 aliphatic rings. The zero-order chi connectivity index (χ0) is 18.4. The molecule has 1 aliphatic heterocycles. The van der Waals surface area contributed by atoms with Gasteiger partial charge in [-0.1, -0.05) is 12.1 Å². The largest absolute Gasteiger partial charge is 0.493 e. The summed E-state index contributed by atoms with van der Waals surface area (Å²) in [7, 11) is 3.22. The van der Waals surface area contributed by atoms with Gasteiger partial charge in [0.05, 0.1) is 14.2 Å². The lowest BCUT2D eigenvalue weighted by molar-refractivity contribution is -0.125. The molecule has 0 spiro atoms. The molecule has 4 nitrogen and oxygen atoms in total. The molecule has 0 N–H and O–H groups in total. The highest BCUT2D eigenvalue weighted by atomic mass is 32.2. The highest BCUT2D eigenvalue weighted by molar-refractivity contribution is 7.99. The van der Waals surface area contributed by atoms with Crippen molar-refractivity contribution in [2.24, 2.45) is 0 Å². The van der Waals surface area contributed by atoms with E-state index in [1.54, 1.807) is 31.6 Å². The van der Waals surface area contributed by atoms with E-state index in [1.165, 1.54) is 4.88 Å². The van der Waals surface area contributed by atoms with E-state index in [1.807, 2.05) is 40.9 Å². The predicted octanol–water partition coefficient (Wildman–Crippen LogP) is 4.49. The molecule has 2 heterocycles. The topological polar surface area (TPSA) is 38.8 Å². The summed E-state index contributed by atoms with van der Waals surface area (Å²) in [4.78, 5) is 15.9. The number of hydrogen-bond donors (Lipinski definition) is 0. The number of ether oxygens (including phenoxy) is 2. The molecule has 2 aromatic rings. The molecule has 1 fully saturated rings. The van der Waals surface area contributed by atoms with Gasteiger partial charge in [-0.15, -0.1) is 11.3 Å². The van der Waals surface area contributed by atoms with E-state index in [9.17, 15) is 4.79 Å². The second-order valence-corrected chi connectivity index (χ2v) is 8.23.